The number of hydrogen-bond donors (Lipinski definition) is 2. The summed E-state index contributed by atoms with van der Waals surface area (Å²) in [5.41, 5.74) is 1.85. The molecule has 21 heavy (non-hydrogen) atoms. The van der Waals surface area contributed by atoms with Crippen LogP contribution in [0.3, 0.4) is 0 Å². The molecule has 0 unspecified atom stereocenters. The number of carbonyl (C=O) groups is 2. The van der Waals surface area contributed by atoms with Gasteiger partial charge in [-0.3, -0.25) is 9.59 Å². The average Bonchev–Trinajstić information content (AvgIpc) is 2.45. The fourth-order valence-corrected chi connectivity index (χ4v) is 1.65. The first kappa shape index (κ1) is 17.1. The highest BCUT2D eigenvalue weighted by atomic mass is 16.5. The van der Waals surface area contributed by atoms with Crippen molar-refractivity contribution in [3.63, 3.8) is 0 Å². The third-order valence-electron chi connectivity index (χ3n) is 2.90. The van der Waals surface area contributed by atoms with Gasteiger partial charge in [-0.05, 0) is 19.1 Å². The Balaban J connectivity index is 2.32. The van der Waals surface area contributed by atoms with E-state index in [2.05, 4.69) is 10.6 Å². The molecule has 0 bridgehead atoms. The minimum absolute atomic E-state index is 0.0265. The van der Waals surface area contributed by atoms with Gasteiger partial charge >= 0.3 is 0 Å². The molecule has 0 saturated heterocycles. The van der Waals surface area contributed by atoms with Crippen LogP contribution in [0.5, 0.6) is 0 Å². The van der Waals surface area contributed by atoms with Crippen molar-refractivity contribution in [3.8, 4) is 0 Å². The molecule has 0 aliphatic heterocycles. The normalized spacial score (nSPS) is 10.2. The van der Waals surface area contributed by atoms with Crippen molar-refractivity contribution >= 4 is 17.5 Å². The third kappa shape index (κ3) is 6.87. The van der Waals surface area contributed by atoms with Gasteiger partial charge < -0.3 is 20.3 Å². The molecule has 0 aromatic heterocycles. The summed E-state index contributed by atoms with van der Waals surface area (Å²) in [4.78, 5) is 25.0. The third-order valence-corrected chi connectivity index (χ3v) is 2.90. The Kier molecular flexibility index (Phi) is 7.42. The van der Waals surface area contributed by atoms with Gasteiger partial charge in [0.2, 0.25) is 11.8 Å². The van der Waals surface area contributed by atoms with Gasteiger partial charge in [-0.25, -0.2) is 0 Å². The molecule has 0 heterocycles. The number of carbonyl (C=O) groups excluding carboxylic acids is 2. The molecule has 2 amide bonds. The van der Waals surface area contributed by atoms with Crippen LogP contribution in [0.25, 0.3) is 0 Å². The predicted molar refractivity (Wildman–Crippen MR) is 82.2 cm³/mol. The maximum absolute atomic E-state index is 11.8. The van der Waals surface area contributed by atoms with E-state index < -0.39 is 0 Å². The zero-order valence-corrected chi connectivity index (χ0v) is 12.8. The number of nitrogens with zero attached hydrogens (tertiary/aromatic N) is 1. The highest BCUT2D eigenvalue weighted by molar-refractivity contribution is 5.94. The van der Waals surface area contributed by atoms with Gasteiger partial charge in [0.1, 0.15) is 0 Å². The number of aryl methyl sites for hydroxylation is 1. The quantitative estimate of drug-likeness (QED) is 0.690. The Bertz CT molecular complexity index is 460. The second kappa shape index (κ2) is 9.10. The lowest BCUT2D eigenvalue weighted by Gasteiger charge is -2.17. The van der Waals surface area contributed by atoms with Crippen LogP contribution < -0.4 is 10.6 Å². The Hall–Kier alpha value is -1.92. The number of methoxy groups -OCH3 is 1. The van der Waals surface area contributed by atoms with Crippen LogP contribution in [-0.2, 0) is 14.3 Å². The molecule has 0 aliphatic carbocycles. The van der Waals surface area contributed by atoms with E-state index in [4.69, 9.17) is 4.74 Å². The lowest BCUT2D eigenvalue weighted by molar-refractivity contribution is -0.132. The van der Waals surface area contributed by atoms with Gasteiger partial charge in [-0.1, -0.05) is 17.7 Å². The van der Waals surface area contributed by atoms with Crippen LogP contribution in [0.1, 0.15) is 5.56 Å². The van der Waals surface area contributed by atoms with Crippen LogP contribution in [0.2, 0.25) is 0 Å². The molecule has 6 heteroatoms. The zero-order chi connectivity index (χ0) is 15.7. The van der Waals surface area contributed by atoms with Crippen LogP contribution in [0.4, 0.5) is 5.69 Å². The van der Waals surface area contributed by atoms with Crippen molar-refractivity contribution in [2.45, 2.75) is 6.92 Å². The minimum Gasteiger partial charge on any atom is -0.383 e. The fraction of sp³-hybridized carbons (Fsp3) is 0.467. The molecule has 1 aromatic carbocycles. The SMILES string of the molecule is COCCNCC(=O)N(C)CC(=O)Nc1ccc(C)cc1. The van der Waals surface area contributed by atoms with Gasteiger partial charge in [0.25, 0.3) is 0 Å². The van der Waals surface area contributed by atoms with Crippen molar-refractivity contribution in [1.29, 1.82) is 0 Å². The number of benzene rings is 1. The second-order valence-electron chi connectivity index (χ2n) is 4.83. The minimum atomic E-state index is -0.216. The molecule has 0 saturated carbocycles. The summed E-state index contributed by atoms with van der Waals surface area (Å²) in [6, 6.07) is 7.51. The van der Waals surface area contributed by atoms with Crippen molar-refractivity contribution in [1.82, 2.24) is 10.2 Å². The number of ether oxygens (including phenoxy) is 1. The van der Waals surface area contributed by atoms with Crippen molar-refractivity contribution in [2.24, 2.45) is 0 Å². The second-order valence-corrected chi connectivity index (χ2v) is 4.83. The van der Waals surface area contributed by atoms with E-state index in [0.29, 0.717) is 13.2 Å². The molecule has 1 aromatic rings. The summed E-state index contributed by atoms with van der Waals surface area (Å²) < 4.78 is 4.87. The summed E-state index contributed by atoms with van der Waals surface area (Å²) in [6.07, 6.45) is 0. The van der Waals surface area contributed by atoms with Crippen molar-refractivity contribution < 1.29 is 14.3 Å². The monoisotopic (exact) mass is 293 g/mol. The average molecular weight is 293 g/mol. The van der Waals surface area contributed by atoms with Gasteiger partial charge in [0.15, 0.2) is 0 Å². The zero-order valence-electron chi connectivity index (χ0n) is 12.8. The van der Waals surface area contributed by atoms with Crippen LogP contribution in [-0.4, -0.2) is 57.1 Å². The number of likely N-dealkylation sites (N-methyl/N-ethyl adjacent to an activating group) is 1. The van der Waals surface area contributed by atoms with Crippen molar-refractivity contribution in [2.75, 3.05) is 45.7 Å². The van der Waals surface area contributed by atoms with Gasteiger partial charge in [-0.2, -0.15) is 0 Å². The number of anilines is 1. The van der Waals surface area contributed by atoms with Crippen LogP contribution in [0, 0.1) is 6.92 Å². The van der Waals surface area contributed by atoms with Gasteiger partial charge in [0.05, 0.1) is 19.7 Å². The van der Waals surface area contributed by atoms with Crippen molar-refractivity contribution in [3.05, 3.63) is 29.8 Å². The Morgan fingerprint density at radius 1 is 1.24 bits per heavy atom. The molecule has 116 valence electrons. The van der Waals surface area contributed by atoms with E-state index in [9.17, 15) is 9.59 Å². The molecule has 0 spiro atoms. The molecule has 1 rings (SSSR count). The highest BCUT2D eigenvalue weighted by Gasteiger charge is 2.12. The smallest absolute Gasteiger partial charge is 0.243 e. The number of amides is 2. The lowest BCUT2D eigenvalue weighted by atomic mass is 10.2. The standard InChI is InChI=1S/C15H23N3O3/c1-12-4-6-13(7-5-12)17-14(19)11-18(2)15(20)10-16-8-9-21-3/h4-7,16H,8-11H2,1-3H3,(H,17,19). The van der Waals surface area contributed by atoms with E-state index in [0.717, 1.165) is 11.3 Å². The summed E-state index contributed by atoms with van der Waals surface area (Å²) in [5, 5.41) is 5.71. The first-order chi connectivity index (χ1) is 10.0. The summed E-state index contributed by atoms with van der Waals surface area (Å²) >= 11 is 0. The van der Waals surface area contributed by atoms with E-state index in [1.165, 1.54) is 4.90 Å². The maximum atomic E-state index is 11.8. The molecular formula is C15H23N3O3. The maximum Gasteiger partial charge on any atom is 0.243 e. The number of hydrogen-bond acceptors (Lipinski definition) is 4. The van der Waals surface area contributed by atoms with Crippen LogP contribution in [0.15, 0.2) is 24.3 Å². The summed E-state index contributed by atoms with van der Waals surface area (Å²) in [6.45, 7) is 3.35. The molecule has 0 radical (unpaired) electrons. The highest BCUT2D eigenvalue weighted by Crippen LogP contribution is 2.08. The molecule has 0 fully saturated rings. The first-order valence-electron chi connectivity index (χ1n) is 6.83. The van der Waals surface area contributed by atoms with Crippen LogP contribution >= 0.6 is 0 Å². The lowest BCUT2D eigenvalue weighted by Crippen LogP contribution is -2.40. The predicted octanol–water partition coefficient (Wildman–Crippen LogP) is 0.628. The summed E-state index contributed by atoms with van der Waals surface area (Å²) in [7, 11) is 3.21. The first-order valence-corrected chi connectivity index (χ1v) is 6.83. The Morgan fingerprint density at radius 3 is 2.52 bits per heavy atom. The molecule has 6 nitrogen and oxygen atoms in total. The Labute approximate surface area is 125 Å². The molecule has 0 aliphatic rings. The fourth-order valence-electron chi connectivity index (χ4n) is 1.65. The van der Waals surface area contributed by atoms with Gasteiger partial charge in [-0.15, -0.1) is 0 Å². The molecule has 0 atom stereocenters. The largest absolute Gasteiger partial charge is 0.383 e. The Morgan fingerprint density at radius 2 is 1.90 bits per heavy atom. The van der Waals surface area contributed by atoms with E-state index in [1.54, 1.807) is 14.2 Å². The van der Waals surface area contributed by atoms with Gasteiger partial charge in [0, 0.05) is 26.4 Å². The van der Waals surface area contributed by atoms with E-state index in [1.807, 2.05) is 31.2 Å². The molecule has 2 N–H and O–H groups in total. The molecular weight excluding hydrogens is 270 g/mol. The van der Waals surface area contributed by atoms with E-state index in [-0.39, 0.29) is 24.9 Å². The number of rotatable bonds is 8. The summed E-state index contributed by atoms with van der Waals surface area (Å²) in [5.74, 6) is -0.350. The topological polar surface area (TPSA) is 70.7 Å². The number of nitrogens with one attached hydrogen (secondary N) is 2. The van der Waals surface area contributed by atoms with E-state index >= 15 is 0 Å².